The molecule has 190 valence electrons. The van der Waals surface area contributed by atoms with Crippen molar-refractivity contribution in [3.05, 3.63) is 71.7 Å². The van der Waals surface area contributed by atoms with Gasteiger partial charge in [0.2, 0.25) is 0 Å². The summed E-state index contributed by atoms with van der Waals surface area (Å²) in [5, 5.41) is 0. The molecule has 2 aliphatic carbocycles. The fraction of sp³-hybridized carbons (Fsp3) is 0.581. The van der Waals surface area contributed by atoms with E-state index in [-0.39, 0.29) is 16.8 Å². The highest BCUT2D eigenvalue weighted by atomic mass is 16.5. The molecular formula is C31H44NO3+. The molecule has 35 heavy (non-hydrogen) atoms. The van der Waals surface area contributed by atoms with E-state index in [2.05, 4.69) is 70.9 Å². The van der Waals surface area contributed by atoms with Crippen molar-refractivity contribution in [1.82, 2.24) is 0 Å². The SMILES string of the molecule is C=C1CC[C@H]2[C@@](C)(CCC[C@]2(C)C(=O)OC)[C@H]1CCc1ccoc1C[N+](C)(C)Cc1ccccc1. The molecule has 4 atom stereocenters. The lowest BCUT2D eigenvalue weighted by atomic mass is 9.46. The average molecular weight is 479 g/mol. The predicted octanol–water partition coefficient (Wildman–Crippen LogP) is 6.94. The van der Waals surface area contributed by atoms with Crippen LogP contribution >= 0.6 is 0 Å². The van der Waals surface area contributed by atoms with Crippen LogP contribution in [0, 0.1) is 22.7 Å². The van der Waals surface area contributed by atoms with Crippen molar-refractivity contribution in [3.63, 3.8) is 0 Å². The third-order valence-corrected chi connectivity index (χ3v) is 9.24. The van der Waals surface area contributed by atoms with E-state index in [0.717, 1.165) is 68.3 Å². The summed E-state index contributed by atoms with van der Waals surface area (Å²) in [4.78, 5) is 12.9. The van der Waals surface area contributed by atoms with Crippen molar-refractivity contribution < 1.29 is 18.4 Å². The van der Waals surface area contributed by atoms with Crippen molar-refractivity contribution in [2.45, 2.75) is 71.9 Å². The van der Waals surface area contributed by atoms with E-state index in [1.165, 1.54) is 23.8 Å². The Kier molecular flexibility index (Phi) is 7.33. The highest BCUT2D eigenvalue weighted by Gasteiger charge is 2.57. The lowest BCUT2D eigenvalue weighted by Gasteiger charge is -2.57. The van der Waals surface area contributed by atoms with Crippen LogP contribution in [-0.4, -0.2) is 31.7 Å². The van der Waals surface area contributed by atoms with Gasteiger partial charge in [0.05, 0.1) is 32.9 Å². The third-order valence-electron chi connectivity index (χ3n) is 9.24. The molecule has 1 heterocycles. The van der Waals surface area contributed by atoms with Gasteiger partial charge < -0.3 is 13.6 Å². The Morgan fingerprint density at radius 2 is 1.89 bits per heavy atom. The normalized spacial score (nSPS) is 29.0. The zero-order chi connectivity index (χ0) is 25.3. The molecular weight excluding hydrogens is 434 g/mol. The van der Waals surface area contributed by atoms with Gasteiger partial charge in [-0.3, -0.25) is 4.79 Å². The minimum atomic E-state index is -0.388. The first-order valence-corrected chi connectivity index (χ1v) is 13.3. The molecule has 0 N–H and O–H groups in total. The number of fused-ring (bicyclic) bond motifs is 1. The Morgan fingerprint density at radius 1 is 1.14 bits per heavy atom. The van der Waals surface area contributed by atoms with Gasteiger partial charge in [-0.15, -0.1) is 0 Å². The minimum absolute atomic E-state index is 0.0322. The number of esters is 1. The topological polar surface area (TPSA) is 39.4 Å². The Labute approximate surface area is 211 Å². The van der Waals surface area contributed by atoms with E-state index in [1.807, 2.05) is 6.26 Å². The van der Waals surface area contributed by atoms with E-state index in [4.69, 9.17) is 9.15 Å². The van der Waals surface area contributed by atoms with E-state index in [9.17, 15) is 4.79 Å². The van der Waals surface area contributed by atoms with Gasteiger partial charge in [-0.25, -0.2) is 0 Å². The van der Waals surface area contributed by atoms with Crippen LogP contribution in [0.4, 0.5) is 0 Å². The van der Waals surface area contributed by atoms with Crippen LogP contribution in [0.3, 0.4) is 0 Å². The van der Waals surface area contributed by atoms with Gasteiger partial charge in [-0.05, 0) is 74.3 Å². The van der Waals surface area contributed by atoms with Gasteiger partial charge >= 0.3 is 5.97 Å². The third kappa shape index (κ3) is 5.14. The quantitative estimate of drug-likeness (QED) is 0.234. The van der Waals surface area contributed by atoms with Crippen molar-refractivity contribution in [3.8, 4) is 0 Å². The average Bonchev–Trinajstić information content (AvgIpc) is 3.24. The summed E-state index contributed by atoms with van der Waals surface area (Å²) in [6, 6.07) is 12.8. The number of hydrogen-bond donors (Lipinski definition) is 0. The number of rotatable bonds is 8. The van der Waals surface area contributed by atoms with Crippen LogP contribution in [0.15, 0.2) is 59.2 Å². The van der Waals surface area contributed by atoms with Gasteiger partial charge in [0, 0.05) is 5.56 Å². The number of carbonyl (C=O) groups excluding carboxylic acids is 1. The van der Waals surface area contributed by atoms with E-state index < -0.39 is 0 Å². The number of aryl methyl sites for hydroxylation is 1. The fourth-order valence-corrected chi connectivity index (χ4v) is 7.51. The smallest absolute Gasteiger partial charge is 0.311 e. The number of allylic oxidation sites excluding steroid dienone is 1. The summed E-state index contributed by atoms with van der Waals surface area (Å²) in [7, 11) is 6.07. The van der Waals surface area contributed by atoms with Crippen LogP contribution in [0.25, 0.3) is 0 Å². The Balaban J connectivity index is 1.48. The standard InChI is InChI=1S/C31H44NO3/c1-23-13-16-28-30(2,18-10-19-31(28,3)29(33)34-6)26(23)15-14-25-17-20-35-27(25)22-32(4,5)21-24-11-8-7-9-12-24/h7-9,11-12,17,20,26,28H,1,10,13-16,18-19,21-22H2,2-6H3/q+1/t26-,28-,30-,31-/m0/s1. The second-order valence-corrected chi connectivity index (χ2v) is 12.2. The number of methoxy groups -OCH3 is 1. The molecule has 0 radical (unpaired) electrons. The van der Waals surface area contributed by atoms with E-state index in [0.29, 0.717) is 11.8 Å². The first kappa shape index (κ1) is 25.8. The molecule has 0 bridgehead atoms. The van der Waals surface area contributed by atoms with Crippen LogP contribution in [0.5, 0.6) is 0 Å². The molecule has 2 fully saturated rings. The Morgan fingerprint density at radius 3 is 2.60 bits per heavy atom. The summed E-state index contributed by atoms with van der Waals surface area (Å²) < 4.78 is 12.2. The molecule has 0 saturated heterocycles. The molecule has 0 unspecified atom stereocenters. The molecule has 1 aromatic carbocycles. The van der Waals surface area contributed by atoms with Crippen molar-refractivity contribution in [2.24, 2.45) is 22.7 Å². The molecule has 0 aliphatic heterocycles. The number of hydrogen-bond acceptors (Lipinski definition) is 3. The maximum atomic E-state index is 12.9. The zero-order valence-electron chi connectivity index (χ0n) is 22.4. The lowest BCUT2D eigenvalue weighted by molar-refractivity contribution is -0.917. The molecule has 4 rings (SSSR count). The largest absolute Gasteiger partial charge is 0.469 e. The zero-order valence-corrected chi connectivity index (χ0v) is 22.4. The van der Waals surface area contributed by atoms with Crippen LogP contribution in [0.1, 0.15) is 69.3 Å². The second kappa shape index (κ2) is 9.97. The highest BCUT2D eigenvalue weighted by molar-refractivity contribution is 5.77. The summed E-state index contributed by atoms with van der Waals surface area (Å²) in [5.41, 5.74) is 3.72. The monoisotopic (exact) mass is 478 g/mol. The molecule has 2 saturated carbocycles. The van der Waals surface area contributed by atoms with E-state index >= 15 is 0 Å². The molecule has 2 aliphatic rings. The van der Waals surface area contributed by atoms with Gasteiger partial charge in [0.25, 0.3) is 0 Å². The molecule has 4 heteroatoms. The lowest BCUT2D eigenvalue weighted by Crippen LogP contribution is -2.53. The van der Waals surface area contributed by atoms with Crippen molar-refractivity contribution >= 4 is 5.97 Å². The number of nitrogens with zero attached hydrogens (tertiary/aromatic N) is 1. The highest BCUT2D eigenvalue weighted by Crippen LogP contribution is 2.62. The maximum absolute atomic E-state index is 12.9. The number of quaternary nitrogens is 1. The van der Waals surface area contributed by atoms with Crippen LogP contribution < -0.4 is 0 Å². The fourth-order valence-electron chi connectivity index (χ4n) is 7.51. The number of carbonyl (C=O) groups is 1. The summed E-state index contributed by atoms with van der Waals surface area (Å²) >= 11 is 0. The first-order chi connectivity index (χ1) is 16.6. The van der Waals surface area contributed by atoms with Gasteiger partial charge in [-0.1, -0.05) is 55.8 Å². The number of ether oxygens (including phenoxy) is 1. The minimum Gasteiger partial charge on any atom is -0.469 e. The van der Waals surface area contributed by atoms with Gasteiger partial charge in [0.15, 0.2) is 5.76 Å². The van der Waals surface area contributed by atoms with Crippen LogP contribution in [0.2, 0.25) is 0 Å². The summed E-state index contributed by atoms with van der Waals surface area (Å²) in [6.45, 7) is 10.9. The van der Waals surface area contributed by atoms with Gasteiger partial charge in [0.1, 0.15) is 13.1 Å². The number of benzene rings is 1. The molecule has 0 amide bonds. The first-order valence-electron chi connectivity index (χ1n) is 13.3. The Hall–Kier alpha value is -2.33. The predicted molar refractivity (Wildman–Crippen MR) is 140 cm³/mol. The van der Waals surface area contributed by atoms with Gasteiger partial charge in [-0.2, -0.15) is 0 Å². The van der Waals surface area contributed by atoms with Crippen molar-refractivity contribution in [1.29, 1.82) is 0 Å². The second-order valence-electron chi connectivity index (χ2n) is 12.2. The Bertz CT molecular complexity index is 1040. The van der Waals surface area contributed by atoms with E-state index in [1.54, 1.807) is 0 Å². The summed E-state index contributed by atoms with van der Waals surface area (Å²) in [6.07, 6.45) is 9.11. The molecule has 4 nitrogen and oxygen atoms in total. The number of furan rings is 1. The summed E-state index contributed by atoms with van der Waals surface area (Å²) in [5.74, 6) is 1.82. The molecule has 0 spiro atoms. The molecule has 2 aromatic rings. The maximum Gasteiger partial charge on any atom is 0.311 e. The molecule has 1 aromatic heterocycles. The van der Waals surface area contributed by atoms with Crippen molar-refractivity contribution in [2.75, 3.05) is 21.2 Å². The van der Waals surface area contributed by atoms with Crippen LogP contribution in [-0.2, 0) is 29.0 Å².